The van der Waals surface area contributed by atoms with Gasteiger partial charge in [0.1, 0.15) is 0 Å². The maximum absolute atomic E-state index is 4.63. The molecule has 1 N–H and O–H groups in total. The van der Waals surface area contributed by atoms with Crippen LogP contribution in [0.5, 0.6) is 0 Å². The van der Waals surface area contributed by atoms with Gasteiger partial charge in [0.2, 0.25) is 0 Å². The Bertz CT molecular complexity index is 251. The monoisotopic (exact) mass is 270 g/mol. The summed E-state index contributed by atoms with van der Waals surface area (Å²) in [5.74, 6) is 1.60. The lowest BCUT2D eigenvalue weighted by atomic mass is 10.00. The second-order valence-electron chi connectivity index (χ2n) is 5.81. The van der Waals surface area contributed by atoms with Gasteiger partial charge in [-0.25, -0.2) is 0 Å². The van der Waals surface area contributed by atoms with Crippen LogP contribution in [0.15, 0.2) is 4.99 Å². The molecule has 0 saturated heterocycles. The van der Waals surface area contributed by atoms with Crippen molar-refractivity contribution in [3.63, 3.8) is 0 Å². The molecule has 106 valence electrons. The molecule has 0 aromatic heterocycles. The summed E-state index contributed by atoms with van der Waals surface area (Å²) < 4.78 is 0. The molecule has 2 nitrogen and oxygen atoms in total. The van der Waals surface area contributed by atoms with Crippen molar-refractivity contribution in [1.29, 1.82) is 0 Å². The summed E-state index contributed by atoms with van der Waals surface area (Å²) in [5.41, 5.74) is 0. The molecule has 2 atom stereocenters. The average molecular weight is 270 g/mol. The quantitative estimate of drug-likeness (QED) is 0.711. The highest BCUT2D eigenvalue weighted by molar-refractivity contribution is 8.14. The van der Waals surface area contributed by atoms with Gasteiger partial charge >= 0.3 is 0 Å². The molecule has 1 aliphatic rings. The molecule has 18 heavy (non-hydrogen) atoms. The van der Waals surface area contributed by atoms with Crippen molar-refractivity contribution in [2.24, 2.45) is 16.8 Å². The Morgan fingerprint density at radius 3 is 2.78 bits per heavy atom. The fraction of sp³-hybridized carbons (Fsp3) is 0.933. The molecular weight excluding hydrogens is 240 g/mol. The highest BCUT2D eigenvalue weighted by atomic mass is 32.2. The summed E-state index contributed by atoms with van der Waals surface area (Å²) in [7, 11) is 0. The maximum Gasteiger partial charge on any atom is 0.156 e. The summed E-state index contributed by atoms with van der Waals surface area (Å²) in [6.07, 6.45) is 6.58. The highest BCUT2D eigenvalue weighted by Gasteiger charge is 2.20. The zero-order valence-electron chi connectivity index (χ0n) is 12.5. The van der Waals surface area contributed by atoms with E-state index in [0.717, 1.165) is 24.9 Å². The normalized spacial score (nSPS) is 21.2. The molecule has 3 heteroatoms. The predicted octanol–water partition coefficient (Wildman–Crippen LogP) is 4.31. The van der Waals surface area contributed by atoms with E-state index in [1.165, 1.54) is 37.3 Å². The van der Waals surface area contributed by atoms with Crippen molar-refractivity contribution in [3.8, 4) is 0 Å². The number of hydrogen-bond donors (Lipinski definition) is 1. The number of nitrogens with one attached hydrogen (secondary N) is 1. The first-order chi connectivity index (χ1) is 8.65. The fourth-order valence-corrected chi connectivity index (χ4v) is 3.60. The summed E-state index contributed by atoms with van der Waals surface area (Å²) in [6.45, 7) is 11.3. The molecular formula is C15H30N2S. The van der Waals surface area contributed by atoms with Crippen LogP contribution in [-0.4, -0.2) is 23.5 Å². The van der Waals surface area contributed by atoms with E-state index in [4.69, 9.17) is 0 Å². The molecule has 0 radical (unpaired) electrons. The molecule has 0 aliphatic carbocycles. The van der Waals surface area contributed by atoms with E-state index in [-0.39, 0.29) is 0 Å². The molecule has 0 aromatic rings. The Kier molecular flexibility index (Phi) is 7.80. The summed E-state index contributed by atoms with van der Waals surface area (Å²) >= 11 is 1.95. The average Bonchev–Trinajstić information content (AvgIpc) is 2.76. The highest BCUT2D eigenvalue weighted by Crippen LogP contribution is 2.25. The number of rotatable bonds is 8. The number of hydrogen-bond acceptors (Lipinski definition) is 3. The van der Waals surface area contributed by atoms with E-state index < -0.39 is 0 Å². The zero-order chi connectivity index (χ0) is 13.4. The van der Waals surface area contributed by atoms with Crippen molar-refractivity contribution in [3.05, 3.63) is 0 Å². The van der Waals surface area contributed by atoms with Crippen molar-refractivity contribution in [2.75, 3.05) is 13.1 Å². The van der Waals surface area contributed by atoms with E-state index in [2.05, 4.69) is 38.0 Å². The minimum Gasteiger partial charge on any atom is -0.365 e. The van der Waals surface area contributed by atoms with Crippen LogP contribution in [0.3, 0.4) is 0 Å². The van der Waals surface area contributed by atoms with Gasteiger partial charge in [0.05, 0.1) is 6.54 Å². The van der Waals surface area contributed by atoms with Crippen LogP contribution in [0.4, 0.5) is 0 Å². The Hall–Kier alpha value is -0.180. The van der Waals surface area contributed by atoms with Gasteiger partial charge in [0, 0.05) is 11.8 Å². The number of unbranched alkanes of at least 4 members (excludes halogenated alkanes) is 1. The van der Waals surface area contributed by atoms with Crippen molar-refractivity contribution in [2.45, 2.75) is 65.0 Å². The van der Waals surface area contributed by atoms with Crippen LogP contribution in [-0.2, 0) is 0 Å². The van der Waals surface area contributed by atoms with Crippen LogP contribution in [0.2, 0.25) is 0 Å². The number of nitrogens with zero attached hydrogens (tertiary/aromatic N) is 1. The lowest BCUT2D eigenvalue weighted by molar-refractivity contribution is 0.447. The van der Waals surface area contributed by atoms with Crippen LogP contribution >= 0.6 is 11.8 Å². The standard InChI is InChI=1S/C15H30N2S/c1-5-7-8-13(6-2)10-16-15-17-11-14(18-15)9-12(3)4/h12-14H,5-11H2,1-4H3,(H,16,17). The zero-order valence-corrected chi connectivity index (χ0v) is 13.4. The Balaban J connectivity index is 2.19. The fourth-order valence-electron chi connectivity index (χ4n) is 2.34. The molecule has 0 bridgehead atoms. The van der Waals surface area contributed by atoms with Gasteiger partial charge in [0.25, 0.3) is 0 Å². The molecule has 1 heterocycles. The third-order valence-corrected chi connectivity index (χ3v) is 4.71. The minimum atomic E-state index is 0.711. The third-order valence-electron chi connectivity index (χ3n) is 3.54. The minimum absolute atomic E-state index is 0.711. The van der Waals surface area contributed by atoms with Gasteiger partial charge in [0.15, 0.2) is 5.17 Å². The molecule has 2 unspecified atom stereocenters. The van der Waals surface area contributed by atoms with Crippen molar-refractivity contribution in [1.82, 2.24) is 5.32 Å². The van der Waals surface area contributed by atoms with Crippen LogP contribution in [0.1, 0.15) is 59.8 Å². The summed E-state index contributed by atoms with van der Waals surface area (Å²) in [4.78, 5) is 4.63. The van der Waals surface area contributed by atoms with Gasteiger partial charge < -0.3 is 5.32 Å². The lowest BCUT2D eigenvalue weighted by Gasteiger charge is -2.16. The van der Waals surface area contributed by atoms with Gasteiger partial charge in [-0.05, 0) is 24.7 Å². The summed E-state index contributed by atoms with van der Waals surface area (Å²) in [5, 5.41) is 5.46. The van der Waals surface area contributed by atoms with Gasteiger partial charge in [-0.3, -0.25) is 4.99 Å². The Morgan fingerprint density at radius 2 is 2.17 bits per heavy atom. The molecule has 0 amide bonds. The summed E-state index contributed by atoms with van der Waals surface area (Å²) in [6, 6.07) is 0. The topological polar surface area (TPSA) is 24.4 Å². The van der Waals surface area contributed by atoms with E-state index in [0.29, 0.717) is 5.25 Å². The smallest absolute Gasteiger partial charge is 0.156 e. The Labute approximate surface area is 117 Å². The van der Waals surface area contributed by atoms with E-state index in [1.807, 2.05) is 11.8 Å². The predicted molar refractivity (Wildman–Crippen MR) is 84.4 cm³/mol. The molecule has 1 rings (SSSR count). The first kappa shape index (κ1) is 15.9. The van der Waals surface area contributed by atoms with Crippen molar-refractivity contribution >= 4 is 16.9 Å². The molecule has 0 fully saturated rings. The van der Waals surface area contributed by atoms with E-state index in [1.54, 1.807) is 0 Å². The second kappa shape index (κ2) is 8.84. The number of thioether (sulfide) groups is 1. The van der Waals surface area contributed by atoms with E-state index >= 15 is 0 Å². The van der Waals surface area contributed by atoms with Gasteiger partial charge in [-0.2, -0.15) is 0 Å². The SMILES string of the molecule is CCCCC(CC)CNC1=NCC(CC(C)C)S1. The lowest BCUT2D eigenvalue weighted by Crippen LogP contribution is -2.26. The van der Waals surface area contributed by atoms with Gasteiger partial charge in [-0.15, -0.1) is 0 Å². The molecule has 0 aromatic carbocycles. The number of amidine groups is 1. The van der Waals surface area contributed by atoms with Crippen LogP contribution in [0.25, 0.3) is 0 Å². The molecule has 0 spiro atoms. The van der Waals surface area contributed by atoms with Crippen LogP contribution in [0, 0.1) is 11.8 Å². The molecule has 0 saturated carbocycles. The van der Waals surface area contributed by atoms with Crippen molar-refractivity contribution < 1.29 is 0 Å². The van der Waals surface area contributed by atoms with Gasteiger partial charge in [-0.1, -0.05) is 58.7 Å². The van der Waals surface area contributed by atoms with E-state index in [9.17, 15) is 0 Å². The first-order valence-electron chi connectivity index (χ1n) is 7.60. The maximum atomic E-state index is 4.63. The largest absolute Gasteiger partial charge is 0.365 e. The number of aliphatic imine (C=N–C) groups is 1. The second-order valence-corrected chi connectivity index (χ2v) is 7.10. The first-order valence-corrected chi connectivity index (χ1v) is 8.48. The molecule has 1 aliphatic heterocycles. The Morgan fingerprint density at radius 1 is 1.39 bits per heavy atom. The third kappa shape index (κ3) is 6.12. The van der Waals surface area contributed by atoms with Crippen LogP contribution < -0.4 is 5.32 Å².